The summed E-state index contributed by atoms with van der Waals surface area (Å²) < 4.78 is 11.1. The minimum absolute atomic E-state index is 0.0913. The number of morpholine rings is 1. The molecule has 1 unspecified atom stereocenters. The molecule has 110 valence electrons. The molecule has 20 heavy (non-hydrogen) atoms. The highest BCUT2D eigenvalue weighted by Crippen LogP contribution is 2.31. The molecule has 1 aromatic heterocycles. The Morgan fingerprint density at radius 3 is 2.90 bits per heavy atom. The van der Waals surface area contributed by atoms with E-state index in [2.05, 4.69) is 22.0 Å². The molecule has 0 spiro atoms. The van der Waals surface area contributed by atoms with E-state index in [1.807, 2.05) is 0 Å². The molecule has 0 aromatic carbocycles. The topological polar surface area (TPSA) is 68.5 Å². The maximum Gasteiger partial charge on any atom is 0.229 e. The molecule has 6 heteroatoms. The monoisotopic (exact) mass is 279 g/mol. The molecular weight excluding hydrogens is 258 g/mol. The SMILES string of the molecule is CCN1CCOC(c2noc(C3CCC(=O)CC3)n2)C1. The molecule has 0 radical (unpaired) electrons. The second kappa shape index (κ2) is 6.01. The van der Waals surface area contributed by atoms with Gasteiger partial charge in [-0.2, -0.15) is 4.98 Å². The van der Waals surface area contributed by atoms with Crippen molar-refractivity contribution in [2.75, 3.05) is 26.2 Å². The Bertz CT molecular complexity index is 464. The molecule has 2 aliphatic rings. The van der Waals surface area contributed by atoms with Crippen molar-refractivity contribution in [3.8, 4) is 0 Å². The molecule has 1 aromatic rings. The number of ether oxygens (including phenoxy) is 1. The first-order valence-electron chi connectivity index (χ1n) is 7.45. The highest BCUT2D eigenvalue weighted by molar-refractivity contribution is 5.79. The number of hydrogen-bond donors (Lipinski definition) is 0. The van der Waals surface area contributed by atoms with E-state index in [1.54, 1.807) is 0 Å². The number of ketones is 1. The third-order valence-electron chi connectivity index (χ3n) is 4.24. The maximum absolute atomic E-state index is 11.3. The summed E-state index contributed by atoms with van der Waals surface area (Å²) in [6, 6.07) is 0. The molecule has 1 saturated carbocycles. The molecule has 1 saturated heterocycles. The summed E-state index contributed by atoms with van der Waals surface area (Å²) in [5, 5.41) is 4.08. The zero-order valence-corrected chi connectivity index (χ0v) is 11.9. The van der Waals surface area contributed by atoms with Crippen LogP contribution < -0.4 is 0 Å². The summed E-state index contributed by atoms with van der Waals surface area (Å²) >= 11 is 0. The molecule has 1 aliphatic heterocycles. The average Bonchev–Trinajstić information content (AvgIpc) is 2.98. The van der Waals surface area contributed by atoms with Crippen molar-refractivity contribution in [3.05, 3.63) is 11.7 Å². The van der Waals surface area contributed by atoms with Crippen molar-refractivity contribution in [2.24, 2.45) is 0 Å². The van der Waals surface area contributed by atoms with Crippen LogP contribution in [0.25, 0.3) is 0 Å². The lowest BCUT2D eigenvalue weighted by atomic mass is 9.88. The van der Waals surface area contributed by atoms with Crippen LogP contribution in [0.3, 0.4) is 0 Å². The quantitative estimate of drug-likeness (QED) is 0.838. The second-order valence-electron chi connectivity index (χ2n) is 5.56. The molecule has 2 heterocycles. The Balaban J connectivity index is 1.65. The van der Waals surface area contributed by atoms with Crippen molar-refractivity contribution in [3.63, 3.8) is 0 Å². The Hall–Kier alpha value is -1.27. The lowest BCUT2D eigenvalue weighted by molar-refractivity contribution is -0.120. The lowest BCUT2D eigenvalue weighted by Gasteiger charge is -2.30. The molecule has 3 rings (SSSR count). The second-order valence-corrected chi connectivity index (χ2v) is 5.56. The lowest BCUT2D eigenvalue weighted by Crippen LogP contribution is -2.38. The summed E-state index contributed by atoms with van der Waals surface area (Å²) in [6.07, 6.45) is 2.82. The van der Waals surface area contributed by atoms with Gasteiger partial charge in [0.05, 0.1) is 6.61 Å². The van der Waals surface area contributed by atoms with Crippen LogP contribution in [-0.4, -0.2) is 47.1 Å². The predicted molar refractivity (Wildman–Crippen MR) is 71.3 cm³/mol. The van der Waals surface area contributed by atoms with Gasteiger partial charge in [0.2, 0.25) is 11.7 Å². The molecular formula is C14H21N3O3. The van der Waals surface area contributed by atoms with Crippen molar-refractivity contribution in [2.45, 2.75) is 44.6 Å². The van der Waals surface area contributed by atoms with Crippen LogP contribution in [0.4, 0.5) is 0 Å². The molecule has 6 nitrogen and oxygen atoms in total. The number of Topliss-reactive ketones (excluding diaryl/α,β-unsaturated/α-hetero) is 1. The van der Waals surface area contributed by atoms with Gasteiger partial charge in [-0.3, -0.25) is 9.69 Å². The predicted octanol–water partition coefficient (Wildman–Crippen LogP) is 1.69. The van der Waals surface area contributed by atoms with Crippen LogP contribution >= 0.6 is 0 Å². The largest absolute Gasteiger partial charge is 0.367 e. The van der Waals surface area contributed by atoms with Crippen molar-refractivity contribution >= 4 is 5.78 Å². The van der Waals surface area contributed by atoms with Gasteiger partial charge in [0.15, 0.2) is 0 Å². The van der Waals surface area contributed by atoms with E-state index in [-0.39, 0.29) is 12.0 Å². The van der Waals surface area contributed by atoms with E-state index in [0.717, 1.165) is 32.5 Å². The average molecular weight is 279 g/mol. The number of carbonyl (C=O) groups excluding carboxylic acids is 1. The van der Waals surface area contributed by atoms with Gasteiger partial charge in [-0.15, -0.1) is 0 Å². The highest BCUT2D eigenvalue weighted by atomic mass is 16.5. The van der Waals surface area contributed by atoms with E-state index in [9.17, 15) is 4.79 Å². The summed E-state index contributed by atoms with van der Waals surface area (Å²) in [7, 11) is 0. The zero-order chi connectivity index (χ0) is 13.9. The minimum Gasteiger partial charge on any atom is -0.367 e. The molecule has 0 bridgehead atoms. The van der Waals surface area contributed by atoms with E-state index >= 15 is 0 Å². The Kier molecular flexibility index (Phi) is 4.12. The van der Waals surface area contributed by atoms with Gasteiger partial charge >= 0.3 is 0 Å². The van der Waals surface area contributed by atoms with E-state index < -0.39 is 0 Å². The van der Waals surface area contributed by atoms with Crippen LogP contribution in [0.2, 0.25) is 0 Å². The fourth-order valence-corrected chi connectivity index (χ4v) is 2.88. The van der Waals surface area contributed by atoms with Crippen molar-refractivity contribution in [1.29, 1.82) is 0 Å². The van der Waals surface area contributed by atoms with Crippen LogP contribution in [0.15, 0.2) is 4.52 Å². The number of rotatable bonds is 3. The van der Waals surface area contributed by atoms with Gasteiger partial charge in [0.25, 0.3) is 0 Å². The van der Waals surface area contributed by atoms with Crippen molar-refractivity contribution < 1.29 is 14.1 Å². The summed E-state index contributed by atoms with van der Waals surface area (Å²) in [6.45, 7) is 5.64. The van der Waals surface area contributed by atoms with Crippen LogP contribution in [0, 0.1) is 0 Å². The van der Waals surface area contributed by atoms with Gasteiger partial charge in [0, 0.05) is 31.8 Å². The standard InChI is InChI=1S/C14H21N3O3/c1-2-17-7-8-19-12(9-17)13-15-14(20-16-13)10-3-5-11(18)6-4-10/h10,12H,2-9H2,1H3. The summed E-state index contributed by atoms with van der Waals surface area (Å²) in [5.41, 5.74) is 0. The molecule has 0 N–H and O–H groups in total. The third-order valence-corrected chi connectivity index (χ3v) is 4.24. The summed E-state index contributed by atoms with van der Waals surface area (Å²) in [5.74, 6) is 1.90. The smallest absolute Gasteiger partial charge is 0.229 e. The minimum atomic E-state index is -0.0913. The molecule has 1 aliphatic carbocycles. The maximum atomic E-state index is 11.3. The zero-order valence-electron chi connectivity index (χ0n) is 11.9. The number of likely N-dealkylation sites (N-methyl/N-ethyl adjacent to an activating group) is 1. The van der Waals surface area contributed by atoms with Crippen molar-refractivity contribution in [1.82, 2.24) is 15.0 Å². The van der Waals surface area contributed by atoms with Gasteiger partial charge in [-0.05, 0) is 19.4 Å². The van der Waals surface area contributed by atoms with Crippen LogP contribution in [0.1, 0.15) is 56.3 Å². The molecule has 2 fully saturated rings. The molecule has 0 amide bonds. The number of carbonyl (C=O) groups is 1. The Morgan fingerprint density at radius 1 is 1.35 bits per heavy atom. The van der Waals surface area contributed by atoms with E-state index in [0.29, 0.717) is 36.9 Å². The van der Waals surface area contributed by atoms with Gasteiger partial charge < -0.3 is 9.26 Å². The van der Waals surface area contributed by atoms with E-state index in [4.69, 9.17) is 9.26 Å². The Morgan fingerprint density at radius 2 is 2.15 bits per heavy atom. The van der Waals surface area contributed by atoms with Gasteiger partial charge in [0.1, 0.15) is 11.9 Å². The fraction of sp³-hybridized carbons (Fsp3) is 0.786. The normalized spacial score (nSPS) is 26.1. The number of aromatic nitrogens is 2. The first-order chi connectivity index (χ1) is 9.76. The van der Waals surface area contributed by atoms with Crippen LogP contribution in [-0.2, 0) is 9.53 Å². The van der Waals surface area contributed by atoms with Gasteiger partial charge in [-0.25, -0.2) is 0 Å². The summed E-state index contributed by atoms with van der Waals surface area (Å²) in [4.78, 5) is 18.1. The number of hydrogen-bond acceptors (Lipinski definition) is 6. The first kappa shape index (κ1) is 13.7. The third kappa shape index (κ3) is 2.91. The Labute approximate surface area is 118 Å². The number of nitrogens with zero attached hydrogens (tertiary/aromatic N) is 3. The van der Waals surface area contributed by atoms with E-state index in [1.165, 1.54) is 0 Å². The first-order valence-corrected chi connectivity index (χ1v) is 7.45. The van der Waals surface area contributed by atoms with Gasteiger partial charge in [-0.1, -0.05) is 12.1 Å². The molecule has 1 atom stereocenters. The van der Waals surface area contributed by atoms with Crippen LogP contribution in [0.5, 0.6) is 0 Å². The fourth-order valence-electron chi connectivity index (χ4n) is 2.88. The highest BCUT2D eigenvalue weighted by Gasteiger charge is 2.29.